The lowest BCUT2D eigenvalue weighted by atomic mass is 10.1. The van der Waals surface area contributed by atoms with Crippen LogP contribution in [0.4, 0.5) is 5.69 Å². The van der Waals surface area contributed by atoms with Gasteiger partial charge in [0.15, 0.2) is 0 Å². The van der Waals surface area contributed by atoms with Gasteiger partial charge >= 0.3 is 0 Å². The van der Waals surface area contributed by atoms with Gasteiger partial charge in [0.2, 0.25) is 11.8 Å². The smallest absolute Gasteiger partial charge is 0.223 e. The van der Waals surface area contributed by atoms with Crippen LogP contribution in [0.3, 0.4) is 0 Å². The second-order valence-electron chi connectivity index (χ2n) is 10.7. The van der Waals surface area contributed by atoms with E-state index in [2.05, 4.69) is 27.1 Å². The Balaban J connectivity index is 1.45. The summed E-state index contributed by atoms with van der Waals surface area (Å²) in [7, 11) is 1.91. The molecule has 2 atom stereocenters. The van der Waals surface area contributed by atoms with Crippen molar-refractivity contribution in [2.75, 3.05) is 18.0 Å². The van der Waals surface area contributed by atoms with Gasteiger partial charge in [-0.2, -0.15) is 5.10 Å². The van der Waals surface area contributed by atoms with Crippen molar-refractivity contribution >= 4 is 17.5 Å². The van der Waals surface area contributed by atoms with Crippen LogP contribution in [0.1, 0.15) is 55.0 Å². The van der Waals surface area contributed by atoms with Gasteiger partial charge in [0.05, 0.1) is 5.69 Å². The number of benzene rings is 1. The van der Waals surface area contributed by atoms with Crippen LogP contribution < -0.4 is 4.90 Å². The molecule has 4 heterocycles. The number of carbonyl (C=O) groups excluding carboxylic acids is 2. The third-order valence-corrected chi connectivity index (χ3v) is 8.08. The predicted octanol–water partition coefficient (Wildman–Crippen LogP) is 3.87. The second kappa shape index (κ2) is 11.5. The standard InChI is InChI=1S/C30H38N6O2/c1-22-25(19-33(3)32-22)10-13-30(38)34-20-26-8-4-5-9-29(26)35(23(2)37)16-14-27-11-12-28(21-34)36(27)18-24-7-6-15-31-17-24/h4-9,15,17,19,27-28H,10-14,16,18,20-21H2,1-3H3. The van der Waals surface area contributed by atoms with Crippen LogP contribution >= 0.6 is 0 Å². The Kier molecular flexibility index (Phi) is 7.88. The third-order valence-electron chi connectivity index (χ3n) is 8.08. The molecule has 200 valence electrons. The summed E-state index contributed by atoms with van der Waals surface area (Å²) in [5.74, 6) is 0.177. The van der Waals surface area contributed by atoms with Crippen molar-refractivity contribution in [3.05, 3.63) is 77.4 Å². The van der Waals surface area contributed by atoms with E-state index in [-0.39, 0.29) is 17.9 Å². The highest BCUT2D eigenvalue weighted by Gasteiger charge is 2.36. The monoisotopic (exact) mass is 514 g/mol. The molecule has 5 rings (SSSR count). The van der Waals surface area contributed by atoms with Crippen molar-refractivity contribution in [2.45, 2.75) is 71.1 Å². The summed E-state index contributed by atoms with van der Waals surface area (Å²) >= 11 is 0. The molecular weight excluding hydrogens is 476 g/mol. The fourth-order valence-electron chi connectivity index (χ4n) is 6.12. The Labute approximate surface area is 225 Å². The average Bonchev–Trinajstić information content (AvgIpc) is 3.42. The van der Waals surface area contributed by atoms with Crippen molar-refractivity contribution in [3.63, 3.8) is 0 Å². The summed E-state index contributed by atoms with van der Waals surface area (Å²) < 4.78 is 1.81. The molecule has 2 aromatic heterocycles. The number of nitrogens with zero attached hydrogens (tertiary/aromatic N) is 6. The van der Waals surface area contributed by atoms with Crippen LogP contribution in [0.2, 0.25) is 0 Å². The zero-order chi connectivity index (χ0) is 26.6. The number of para-hydroxylation sites is 1. The topological polar surface area (TPSA) is 74.6 Å². The van der Waals surface area contributed by atoms with Crippen LogP contribution in [0.5, 0.6) is 0 Å². The fraction of sp³-hybridized carbons (Fsp3) is 0.467. The number of fused-ring (bicyclic) bond motifs is 3. The Morgan fingerprint density at radius 2 is 1.87 bits per heavy atom. The van der Waals surface area contributed by atoms with Crippen LogP contribution in [-0.2, 0) is 36.1 Å². The zero-order valence-electron chi connectivity index (χ0n) is 22.7. The molecule has 2 bridgehead atoms. The van der Waals surface area contributed by atoms with E-state index in [4.69, 9.17) is 0 Å². The van der Waals surface area contributed by atoms with Gasteiger partial charge in [-0.25, -0.2) is 0 Å². The van der Waals surface area contributed by atoms with Gasteiger partial charge in [-0.3, -0.25) is 24.2 Å². The van der Waals surface area contributed by atoms with E-state index >= 15 is 0 Å². The molecular formula is C30H38N6O2. The largest absolute Gasteiger partial charge is 0.337 e. The Morgan fingerprint density at radius 3 is 2.61 bits per heavy atom. The van der Waals surface area contributed by atoms with Crippen molar-refractivity contribution in [3.8, 4) is 0 Å². The van der Waals surface area contributed by atoms with Crippen molar-refractivity contribution in [2.24, 2.45) is 7.05 Å². The molecule has 0 aliphatic carbocycles. The first kappa shape index (κ1) is 26.1. The molecule has 8 heteroatoms. The summed E-state index contributed by atoms with van der Waals surface area (Å²) in [6, 6.07) is 12.8. The minimum atomic E-state index is 0.0370. The van der Waals surface area contributed by atoms with Crippen LogP contribution in [0, 0.1) is 6.92 Å². The summed E-state index contributed by atoms with van der Waals surface area (Å²) in [5, 5.41) is 4.44. The highest BCUT2D eigenvalue weighted by atomic mass is 16.2. The van der Waals surface area contributed by atoms with E-state index in [0.717, 1.165) is 48.3 Å². The van der Waals surface area contributed by atoms with Crippen molar-refractivity contribution in [1.29, 1.82) is 0 Å². The van der Waals surface area contributed by atoms with Crippen LogP contribution in [-0.4, -0.2) is 61.6 Å². The molecule has 2 amide bonds. The number of aromatic nitrogens is 3. The molecule has 2 aliphatic heterocycles. The number of amides is 2. The summed E-state index contributed by atoms with van der Waals surface area (Å²) in [5.41, 5.74) is 5.20. The lowest BCUT2D eigenvalue weighted by molar-refractivity contribution is -0.132. The first-order valence-electron chi connectivity index (χ1n) is 13.7. The number of hydrogen-bond donors (Lipinski definition) is 0. The molecule has 3 aromatic rings. The van der Waals surface area contributed by atoms with E-state index in [1.807, 2.05) is 65.1 Å². The van der Waals surface area contributed by atoms with E-state index in [1.165, 1.54) is 5.56 Å². The number of pyridine rings is 1. The van der Waals surface area contributed by atoms with Gasteiger partial charge in [0.1, 0.15) is 0 Å². The number of carbonyl (C=O) groups is 2. The van der Waals surface area contributed by atoms with Crippen molar-refractivity contribution in [1.82, 2.24) is 24.6 Å². The molecule has 2 aliphatic rings. The van der Waals surface area contributed by atoms with E-state index < -0.39 is 0 Å². The average molecular weight is 515 g/mol. The van der Waals surface area contributed by atoms with Crippen LogP contribution in [0.25, 0.3) is 0 Å². The first-order valence-corrected chi connectivity index (χ1v) is 13.7. The normalized spacial score (nSPS) is 20.2. The van der Waals surface area contributed by atoms with Gasteiger partial charge in [-0.05, 0) is 61.4 Å². The Morgan fingerprint density at radius 1 is 1.05 bits per heavy atom. The minimum Gasteiger partial charge on any atom is -0.337 e. The SMILES string of the molecule is CC(=O)N1CCC2CCC(CN(C(=O)CCc3cn(C)nc3C)Cc3ccccc31)N2Cc1cccnc1. The maximum absolute atomic E-state index is 13.8. The lowest BCUT2D eigenvalue weighted by Gasteiger charge is -2.34. The van der Waals surface area contributed by atoms with Crippen LogP contribution in [0.15, 0.2) is 55.0 Å². The maximum Gasteiger partial charge on any atom is 0.223 e. The van der Waals surface area contributed by atoms with Gasteiger partial charge in [0, 0.05) is 82.9 Å². The molecule has 0 radical (unpaired) electrons. The molecule has 0 spiro atoms. The third kappa shape index (κ3) is 5.80. The quantitative estimate of drug-likeness (QED) is 0.517. The van der Waals surface area contributed by atoms with Gasteiger partial charge in [-0.1, -0.05) is 24.3 Å². The molecule has 0 saturated carbocycles. The summed E-state index contributed by atoms with van der Waals surface area (Å²) in [6.07, 6.45) is 9.85. The number of rotatable bonds is 5. The number of hydrogen-bond acceptors (Lipinski definition) is 5. The summed E-state index contributed by atoms with van der Waals surface area (Å²) in [6.45, 7) is 6.27. The molecule has 1 aromatic carbocycles. The number of anilines is 1. The van der Waals surface area contributed by atoms with Crippen molar-refractivity contribution < 1.29 is 9.59 Å². The van der Waals surface area contributed by atoms with E-state index in [1.54, 1.807) is 13.1 Å². The van der Waals surface area contributed by atoms with Gasteiger partial charge in [-0.15, -0.1) is 0 Å². The predicted molar refractivity (Wildman–Crippen MR) is 147 cm³/mol. The maximum atomic E-state index is 13.8. The minimum absolute atomic E-state index is 0.0370. The molecule has 2 unspecified atom stereocenters. The highest BCUT2D eigenvalue weighted by molar-refractivity contribution is 5.92. The zero-order valence-corrected chi connectivity index (χ0v) is 22.7. The lowest BCUT2D eigenvalue weighted by Crippen LogP contribution is -2.45. The molecule has 1 saturated heterocycles. The Bertz CT molecular complexity index is 1270. The molecule has 0 N–H and O–H groups in total. The first-order chi connectivity index (χ1) is 18.4. The summed E-state index contributed by atoms with van der Waals surface area (Å²) in [4.78, 5) is 37.4. The molecule has 38 heavy (non-hydrogen) atoms. The van der Waals surface area contributed by atoms with E-state index in [0.29, 0.717) is 38.5 Å². The number of aryl methyl sites for hydroxylation is 3. The van der Waals surface area contributed by atoms with Gasteiger partial charge in [0.25, 0.3) is 0 Å². The molecule has 1 fully saturated rings. The molecule has 8 nitrogen and oxygen atoms in total. The highest BCUT2D eigenvalue weighted by Crippen LogP contribution is 2.32. The Hall–Kier alpha value is -3.52. The van der Waals surface area contributed by atoms with E-state index in [9.17, 15) is 9.59 Å². The fourth-order valence-corrected chi connectivity index (χ4v) is 6.12. The van der Waals surface area contributed by atoms with Gasteiger partial charge < -0.3 is 9.80 Å². The second-order valence-corrected chi connectivity index (χ2v) is 10.7.